The largest absolute Gasteiger partial charge is 0.477 e. The number of hydrogen-bond donors (Lipinski definition) is 0. The summed E-state index contributed by atoms with van der Waals surface area (Å²) in [5.74, 6) is 3.01. The standard InChI is InChI=1S/C20H18F2N4O2/c21-20(22)28-16-5-3-13(4-6-16)19-25-24-17-9-23-10-18(26(17)19)27-11-15-8-12-1-2-14(15)7-12/h1-6,9-10,12,14-15,20H,7-8,11H2. The fraction of sp³-hybridized carbons (Fsp3) is 0.350. The van der Waals surface area contributed by atoms with Crippen molar-refractivity contribution in [1.29, 1.82) is 0 Å². The number of ether oxygens (including phenoxy) is 2. The molecule has 144 valence electrons. The molecule has 1 fully saturated rings. The lowest BCUT2D eigenvalue weighted by Crippen LogP contribution is -2.17. The number of alkyl halides is 2. The first-order valence-corrected chi connectivity index (χ1v) is 9.23. The molecule has 2 heterocycles. The van der Waals surface area contributed by atoms with E-state index in [0.717, 1.165) is 6.42 Å². The summed E-state index contributed by atoms with van der Waals surface area (Å²) >= 11 is 0. The Morgan fingerprint density at radius 3 is 2.64 bits per heavy atom. The fourth-order valence-corrected chi connectivity index (χ4v) is 4.18. The molecule has 2 aromatic heterocycles. The minimum absolute atomic E-state index is 0.0926. The highest BCUT2D eigenvalue weighted by molar-refractivity contribution is 5.61. The van der Waals surface area contributed by atoms with Crippen LogP contribution in [0.3, 0.4) is 0 Å². The van der Waals surface area contributed by atoms with Crippen molar-refractivity contribution in [3.63, 3.8) is 0 Å². The van der Waals surface area contributed by atoms with Gasteiger partial charge >= 0.3 is 6.61 Å². The predicted molar refractivity (Wildman–Crippen MR) is 97.2 cm³/mol. The Hall–Kier alpha value is -3.03. The SMILES string of the molecule is FC(F)Oc1ccc(-c2nnc3cncc(OCC4CC5C=CC4C5)n23)cc1. The zero-order chi connectivity index (χ0) is 19.1. The van der Waals surface area contributed by atoms with E-state index in [1.807, 2.05) is 0 Å². The van der Waals surface area contributed by atoms with Crippen LogP contribution >= 0.6 is 0 Å². The second kappa shape index (κ2) is 6.85. The van der Waals surface area contributed by atoms with Crippen LogP contribution in [0.2, 0.25) is 0 Å². The summed E-state index contributed by atoms with van der Waals surface area (Å²) in [6, 6.07) is 6.29. The molecule has 2 aliphatic carbocycles. The van der Waals surface area contributed by atoms with E-state index in [1.165, 1.54) is 18.6 Å². The summed E-state index contributed by atoms with van der Waals surface area (Å²) in [5, 5.41) is 8.38. The van der Waals surface area contributed by atoms with Crippen LogP contribution in [0.25, 0.3) is 17.0 Å². The van der Waals surface area contributed by atoms with Crippen molar-refractivity contribution in [2.45, 2.75) is 19.5 Å². The summed E-state index contributed by atoms with van der Waals surface area (Å²) in [5.41, 5.74) is 1.28. The van der Waals surface area contributed by atoms with Crippen LogP contribution in [0.4, 0.5) is 8.78 Å². The minimum atomic E-state index is -2.86. The van der Waals surface area contributed by atoms with Crippen molar-refractivity contribution in [3.05, 3.63) is 48.8 Å². The Labute approximate surface area is 159 Å². The van der Waals surface area contributed by atoms with Crippen molar-refractivity contribution >= 4 is 5.65 Å². The lowest BCUT2D eigenvalue weighted by atomic mass is 9.95. The Kier molecular flexibility index (Phi) is 4.18. The van der Waals surface area contributed by atoms with E-state index in [1.54, 1.807) is 28.9 Å². The summed E-state index contributed by atoms with van der Waals surface area (Å²) in [7, 11) is 0. The van der Waals surface area contributed by atoms with Gasteiger partial charge in [0.1, 0.15) is 5.75 Å². The second-order valence-electron chi connectivity index (χ2n) is 7.22. The van der Waals surface area contributed by atoms with Gasteiger partial charge in [0.15, 0.2) is 11.5 Å². The summed E-state index contributed by atoms with van der Waals surface area (Å²) < 4.78 is 37.0. The normalized spacial score (nSPS) is 23.0. The molecule has 0 saturated heterocycles. The van der Waals surface area contributed by atoms with E-state index < -0.39 is 6.61 Å². The topological polar surface area (TPSA) is 61.5 Å². The Morgan fingerprint density at radius 1 is 1.07 bits per heavy atom. The predicted octanol–water partition coefficient (Wildman–Crippen LogP) is 3.98. The van der Waals surface area contributed by atoms with Crippen LogP contribution in [0, 0.1) is 17.8 Å². The van der Waals surface area contributed by atoms with Crippen molar-refractivity contribution in [2.24, 2.45) is 17.8 Å². The molecule has 3 atom stereocenters. The number of aromatic nitrogens is 4. The maximum absolute atomic E-state index is 12.3. The first-order chi connectivity index (χ1) is 13.7. The molecular formula is C20H18F2N4O2. The first-order valence-electron chi connectivity index (χ1n) is 9.23. The Balaban J connectivity index is 1.41. The third kappa shape index (κ3) is 3.08. The van der Waals surface area contributed by atoms with Gasteiger partial charge in [0.05, 0.1) is 19.0 Å². The lowest BCUT2D eigenvalue weighted by molar-refractivity contribution is -0.0498. The van der Waals surface area contributed by atoms with Crippen molar-refractivity contribution < 1.29 is 18.3 Å². The Morgan fingerprint density at radius 2 is 1.93 bits per heavy atom. The van der Waals surface area contributed by atoms with Gasteiger partial charge in [0.2, 0.25) is 5.88 Å². The highest BCUT2D eigenvalue weighted by Gasteiger charge is 2.36. The van der Waals surface area contributed by atoms with Crippen molar-refractivity contribution in [2.75, 3.05) is 6.61 Å². The van der Waals surface area contributed by atoms with E-state index in [9.17, 15) is 8.78 Å². The van der Waals surface area contributed by atoms with Crippen molar-refractivity contribution in [1.82, 2.24) is 19.6 Å². The fourth-order valence-electron chi connectivity index (χ4n) is 4.18. The van der Waals surface area contributed by atoms with Gasteiger partial charge < -0.3 is 9.47 Å². The molecule has 1 saturated carbocycles. The van der Waals surface area contributed by atoms with Gasteiger partial charge in [-0.05, 0) is 54.9 Å². The number of rotatable bonds is 6. The molecule has 5 rings (SSSR count). The maximum Gasteiger partial charge on any atom is 0.387 e. The van der Waals surface area contributed by atoms with Gasteiger partial charge in [0, 0.05) is 5.56 Å². The zero-order valence-electron chi connectivity index (χ0n) is 14.9. The van der Waals surface area contributed by atoms with Crippen LogP contribution in [0.1, 0.15) is 12.8 Å². The number of benzene rings is 1. The molecule has 2 bridgehead atoms. The molecule has 28 heavy (non-hydrogen) atoms. The third-order valence-corrected chi connectivity index (χ3v) is 5.48. The van der Waals surface area contributed by atoms with E-state index in [4.69, 9.17) is 4.74 Å². The van der Waals surface area contributed by atoms with Gasteiger partial charge in [0.25, 0.3) is 0 Å². The van der Waals surface area contributed by atoms with Gasteiger partial charge in [-0.3, -0.25) is 4.98 Å². The number of hydrogen-bond acceptors (Lipinski definition) is 5. The monoisotopic (exact) mass is 384 g/mol. The maximum atomic E-state index is 12.3. The number of allylic oxidation sites excluding steroid dienone is 2. The van der Waals surface area contributed by atoms with Crippen LogP contribution < -0.4 is 9.47 Å². The highest BCUT2D eigenvalue weighted by Crippen LogP contribution is 2.43. The van der Waals surface area contributed by atoms with Gasteiger partial charge in [-0.25, -0.2) is 4.40 Å². The smallest absolute Gasteiger partial charge is 0.387 e. The van der Waals surface area contributed by atoms with Gasteiger partial charge in [-0.2, -0.15) is 8.78 Å². The second-order valence-corrected chi connectivity index (χ2v) is 7.22. The molecular weight excluding hydrogens is 366 g/mol. The first kappa shape index (κ1) is 17.1. The molecule has 2 aliphatic rings. The van der Waals surface area contributed by atoms with E-state index >= 15 is 0 Å². The van der Waals surface area contributed by atoms with Gasteiger partial charge in [-0.1, -0.05) is 12.2 Å². The molecule has 0 amide bonds. The highest BCUT2D eigenvalue weighted by atomic mass is 19.3. The quantitative estimate of drug-likeness (QED) is 0.602. The average Bonchev–Trinajstić information content (AvgIpc) is 3.42. The molecule has 6 nitrogen and oxygen atoms in total. The van der Waals surface area contributed by atoms with E-state index in [2.05, 4.69) is 32.1 Å². The molecule has 3 aromatic rings. The number of fused-ring (bicyclic) bond motifs is 3. The van der Waals surface area contributed by atoms with Crippen LogP contribution in [0.15, 0.2) is 48.8 Å². The summed E-state index contributed by atoms with van der Waals surface area (Å²) in [6.07, 6.45) is 10.2. The third-order valence-electron chi connectivity index (χ3n) is 5.48. The Bertz CT molecular complexity index is 1020. The molecule has 8 heteroatoms. The molecule has 0 aliphatic heterocycles. The molecule has 0 N–H and O–H groups in total. The zero-order valence-corrected chi connectivity index (χ0v) is 14.9. The van der Waals surface area contributed by atoms with Crippen LogP contribution in [0.5, 0.6) is 11.6 Å². The number of halogens is 2. The minimum Gasteiger partial charge on any atom is -0.477 e. The summed E-state index contributed by atoms with van der Waals surface area (Å²) in [6.45, 7) is -2.24. The summed E-state index contributed by atoms with van der Waals surface area (Å²) in [4.78, 5) is 4.19. The van der Waals surface area contributed by atoms with Crippen molar-refractivity contribution in [3.8, 4) is 23.0 Å². The molecule has 0 radical (unpaired) electrons. The number of nitrogens with zero attached hydrogens (tertiary/aromatic N) is 4. The lowest BCUT2D eigenvalue weighted by Gasteiger charge is -2.19. The van der Waals surface area contributed by atoms with Crippen LogP contribution in [-0.4, -0.2) is 32.8 Å². The van der Waals surface area contributed by atoms with Crippen LogP contribution in [-0.2, 0) is 0 Å². The average molecular weight is 384 g/mol. The van der Waals surface area contributed by atoms with Gasteiger partial charge in [-0.15, -0.1) is 10.2 Å². The molecule has 0 spiro atoms. The molecule has 1 aromatic carbocycles. The van der Waals surface area contributed by atoms with E-state index in [-0.39, 0.29) is 5.75 Å². The molecule has 3 unspecified atom stereocenters. The van der Waals surface area contributed by atoms with E-state index in [0.29, 0.717) is 47.3 Å².